The van der Waals surface area contributed by atoms with E-state index in [9.17, 15) is 0 Å². The molecule has 1 aliphatic carbocycles. The molecule has 1 rings (SSSR count). The van der Waals surface area contributed by atoms with Gasteiger partial charge in [-0.2, -0.15) is 0 Å². The number of alkyl halides is 2. The Morgan fingerprint density at radius 1 is 1.42 bits per heavy atom. The summed E-state index contributed by atoms with van der Waals surface area (Å²) in [6.07, 6.45) is 8.16. The van der Waals surface area contributed by atoms with Crippen molar-refractivity contribution >= 4 is 45.2 Å². The summed E-state index contributed by atoms with van der Waals surface area (Å²) in [5.74, 6) is 0.609. The van der Waals surface area contributed by atoms with Crippen LogP contribution in [0.5, 0.6) is 0 Å². The van der Waals surface area contributed by atoms with Crippen LogP contribution in [-0.4, -0.2) is 8.35 Å². The number of rotatable bonds is 6. The first kappa shape index (κ1) is 17.7. The molecule has 0 heterocycles. The molecule has 0 fully saturated rings. The van der Waals surface area contributed by atoms with Crippen LogP contribution >= 0.6 is 45.2 Å². The number of halogens is 2. The Labute approximate surface area is 146 Å². The predicted octanol–water partition coefficient (Wildman–Crippen LogP) is 6.50. The van der Waals surface area contributed by atoms with Gasteiger partial charge < -0.3 is 0 Å². The molecular formula is C17H26I2. The van der Waals surface area contributed by atoms with Gasteiger partial charge in [-0.1, -0.05) is 94.8 Å². The zero-order valence-corrected chi connectivity index (χ0v) is 16.9. The van der Waals surface area contributed by atoms with Crippen molar-refractivity contribution in [3.8, 4) is 0 Å². The monoisotopic (exact) mass is 484 g/mol. The summed E-state index contributed by atoms with van der Waals surface area (Å²) in [5, 5.41) is 0. The maximum Gasteiger partial charge on any atom is 0.0179 e. The molecule has 0 aromatic heterocycles. The lowest BCUT2D eigenvalue weighted by molar-refractivity contribution is 0.521. The van der Waals surface area contributed by atoms with Gasteiger partial charge in [0.2, 0.25) is 0 Å². The van der Waals surface area contributed by atoms with Gasteiger partial charge in [-0.15, -0.1) is 6.58 Å². The fourth-order valence-electron chi connectivity index (χ4n) is 3.14. The summed E-state index contributed by atoms with van der Waals surface area (Å²) in [5.41, 5.74) is 5.15. The maximum atomic E-state index is 3.97. The minimum atomic E-state index is 0.239. The largest absolute Gasteiger partial charge is 0.103 e. The molecule has 2 heteroatoms. The summed E-state index contributed by atoms with van der Waals surface area (Å²) < 4.78 is 1.86. The van der Waals surface area contributed by atoms with Crippen molar-refractivity contribution in [3.05, 3.63) is 35.5 Å². The van der Waals surface area contributed by atoms with Crippen molar-refractivity contribution in [2.75, 3.05) is 4.43 Å². The van der Waals surface area contributed by atoms with E-state index in [0.717, 1.165) is 14.8 Å². The highest BCUT2D eigenvalue weighted by Crippen LogP contribution is 2.52. The van der Waals surface area contributed by atoms with Gasteiger partial charge >= 0.3 is 0 Å². The quantitative estimate of drug-likeness (QED) is 0.230. The third-order valence-corrected chi connectivity index (χ3v) is 5.51. The number of hydrogen-bond acceptors (Lipinski definition) is 0. The van der Waals surface area contributed by atoms with E-state index in [1.165, 1.54) is 12.8 Å². The van der Waals surface area contributed by atoms with Gasteiger partial charge in [-0.05, 0) is 26.2 Å². The highest BCUT2D eigenvalue weighted by Gasteiger charge is 2.40. The highest BCUT2D eigenvalue weighted by molar-refractivity contribution is 14.1. The Morgan fingerprint density at radius 3 is 2.53 bits per heavy atom. The normalized spacial score (nSPS) is 26.0. The van der Waals surface area contributed by atoms with Crippen molar-refractivity contribution in [1.29, 1.82) is 0 Å². The fraction of sp³-hybridized carbons (Fsp3) is 0.647. The maximum absolute atomic E-state index is 3.97. The van der Waals surface area contributed by atoms with Gasteiger partial charge in [0.05, 0.1) is 0 Å². The third kappa shape index (κ3) is 4.08. The first-order valence-corrected chi connectivity index (χ1v) is 9.84. The summed E-state index contributed by atoms with van der Waals surface area (Å²) >= 11 is 4.99. The van der Waals surface area contributed by atoms with E-state index in [1.54, 1.807) is 16.7 Å². The molecule has 0 amide bonds. The van der Waals surface area contributed by atoms with E-state index in [0.29, 0.717) is 5.92 Å². The van der Waals surface area contributed by atoms with E-state index in [-0.39, 0.29) is 5.41 Å². The molecule has 0 saturated heterocycles. The third-order valence-electron chi connectivity index (χ3n) is 4.45. The average molecular weight is 484 g/mol. The van der Waals surface area contributed by atoms with Crippen LogP contribution in [0.15, 0.2) is 35.5 Å². The van der Waals surface area contributed by atoms with Crippen molar-refractivity contribution in [1.82, 2.24) is 0 Å². The molecule has 0 bridgehead atoms. The highest BCUT2D eigenvalue weighted by atomic mass is 127. The molecule has 0 aliphatic heterocycles. The zero-order valence-electron chi connectivity index (χ0n) is 12.6. The second-order valence-corrected chi connectivity index (χ2v) is 8.99. The second-order valence-electron chi connectivity index (χ2n) is 5.99. The molecule has 0 saturated carbocycles. The topological polar surface area (TPSA) is 0 Å². The lowest BCUT2D eigenvalue weighted by Gasteiger charge is -2.25. The minimum absolute atomic E-state index is 0.239. The Hall–Kier alpha value is 0.680. The van der Waals surface area contributed by atoms with Crippen molar-refractivity contribution in [2.24, 2.45) is 11.3 Å². The first-order valence-electron chi connectivity index (χ1n) is 7.07. The average Bonchev–Trinajstić information content (AvgIpc) is 2.49. The van der Waals surface area contributed by atoms with Crippen LogP contribution in [0, 0.1) is 11.3 Å². The van der Waals surface area contributed by atoms with Crippen molar-refractivity contribution in [3.63, 3.8) is 0 Å². The molecule has 1 aliphatic rings. The number of hydrogen-bond donors (Lipinski definition) is 0. The second kappa shape index (κ2) is 7.62. The summed E-state index contributed by atoms with van der Waals surface area (Å²) in [6, 6.07) is 0. The lowest BCUT2D eigenvalue weighted by Crippen LogP contribution is -2.15. The summed E-state index contributed by atoms with van der Waals surface area (Å²) in [6.45, 7) is 13.4. The molecule has 0 N–H and O–H groups in total. The summed E-state index contributed by atoms with van der Waals surface area (Å²) in [4.78, 5) is 0. The minimum Gasteiger partial charge on any atom is -0.103 e. The zero-order chi connectivity index (χ0) is 14.6. The van der Waals surface area contributed by atoms with Crippen LogP contribution < -0.4 is 0 Å². The molecule has 2 atom stereocenters. The standard InChI is InChI=1S/C17H26I2/c1-6-7-15-14(9-8-12(2)19)13(3)17(4,5)16(15)10-11-18/h6,10,12,15H,1,7-9,11H2,2-5H3/b16-10+. The molecule has 0 radical (unpaired) electrons. The summed E-state index contributed by atoms with van der Waals surface area (Å²) in [7, 11) is 0. The lowest BCUT2D eigenvalue weighted by atomic mass is 9.79. The number of allylic oxidation sites excluding steroid dienone is 5. The van der Waals surface area contributed by atoms with Crippen molar-refractivity contribution < 1.29 is 0 Å². The predicted molar refractivity (Wildman–Crippen MR) is 104 cm³/mol. The van der Waals surface area contributed by atoms with Crippen LogP contribution in [0.25, 0.3) is 0 Å². The molecule has 2 unspecified atom stereocenters. The van der Waals surface area contributed by atoms with Crippen molar-refractivity contribution in [2.45, 2.75) is 50.9 Å². The first-order chi connectivity index (χ1) is 8.86. The Kier molecular flexibility index (Phi) is 7.11. The van der Waals surface area contributed by atoms with Gasteiger partial charge in [-0.3, -0.25) is 0 Å². The van der Waals surface area contributed by atoms with Gasteiger partial charge in [0.25, 0.3) is 0 Å². The van der Waals surface area contributed by atoms with Gasteiger partial charge in [0, 0.05) is 19.7 Å². The van der Waals surface area contributed by atoms with Crippen LogP contribution in [0.2, 0.25) is 0 Å². The Bertz CT molecular complexity index is 386. The molecular weight excluding hydrogens is 458 g/mol. The van der Waals surface area contributed by atoms with E-state index in [4.69, 9.17) is 0 Å². The fourth-order valence-corrected chi connectivity index (χ4v) is 3.92. The molecule has 19 heavy (non-hydrogen) atoms. The van der Waals surface area contributed by atoms with E-state index < -0.39 is 0 Å². The van der Waals surface area contributed by atoms with E-state index in [2.05, 4.69) is 91.6 Å². The molecule has 0 spiro atoms. The SMILES string of the molecule is C=CCC1C(CCC(C)I)=C(C)C(C)(C)/C1=C/CI. The molecule has 0 aromatic carbocycles. The van der Waals surface area contributed by atoms with Crippen LogP contribution in [0.3, 0.4) is 0 Å². The van der Waals surface area contributed by atoms with E-state index in [1.807, 2.05) is 0 Å². The smallest absolute Gasteiger partial charge is 0.0179 e. The Balaban J connectivity index is 3.11. The van der Waals surface area contributed by atoms with Crippen LogP contribution in [0.1, 0.15) is 47.0 Å². The molecule has 0 aromatic rings. The molecule has 0 nitrogen and oxygen atoms in total. The molecule has 108 valence electrons. The van der Waals surface area contributed by atoms with Gasteiger partial charge in [0.15, 0.2) is 0 Å². The van der Waals surface area contributed by atoms with Gasteiger partial charge in [-0.25, -0.2) is 0 Å². The van der Waals surface area contributed by atoms with Crippen LogP contribution in [-0.2, 0) is 0 Å². The van der Waals surface area contributed by atoms with E-state index >= 15 is 0 Å². The van der Waals surface area contributed by atoms with Crippen LogP contribution in [0.4, 0.5) is 0 Å². The van der Waals surface area contributed by atoms with Gasteiger partial charge in [0.1, 0.15) is 0 Å². The Morgan fingerprint density at radius 2 is 2.05 bits per heavy atom.